The number of hydrogen-bond donors (Lipinski definition) is 1. The van der Waals surface area contributed by atoms with E-state index < -0.39 is 11.6 Å². The quantitative estimate of drug-likeness (QED) is 0.852. The van der Waals surface area contributed by atoms with Gasteiger partial charge in [-0.05, 0) is 18.6 Å². The first-order chi connectivity index (χ1) is 7.61. The molecule has 16 heavy (non-hydrogen) atoms. The van der Waals surface area contributed by atoms with Gasteiger partial charge in [0.1, 0.15) is 17.9 Å². The molecule has 2 aromatic rings. The standard InChI is InChI=1S/C11H10F2N2O/c1-6-2-8(10(13)3-9(6)12)11-15-7(4-14)5-16-11/h2-3,5H,4,14H2,1H3. The summed E-state index contributed by atoms with van der Waals surface area (Å²) < 4.78 is 31.6. The van der Waals surface area contributed by atoms with Gasteiger partial charge in [-0.2, -0.15) is 0 Å². The number of benzene rings is 1. The van der Waals surface area contributed by atoms with Crippen molar-refractivity contribution in [2.24, 2.45) is 5.73 Å². The molecule has 0 bridgehead atoms. The highest BCUT2D eigenvalue weighted by Gasteiger charge is 2.13. The van der Waals surface area contributed by atoms with Crippen molar-refractivity contribution in [2.75, 3.05) is 0 Å². The molecule has 0 saturated carbocycles. The normalized spacial score (nSPS) is 10.8. The van der Waals surface area contributed by atoms with E-state index in [0.29, 0.717) is 11.3 Å². The first-order valence-electron chi connectivity index (χ1n) is 4.72. The zero-order valence-electron chi connectivity index (χ0n) is 8.63. The van der Waals surface area contributed by atoms with Crippen LogP contribution in [0.25, 0.3) is 11.5 Å². The number of hydrogen-bond acceptors (Lipinski definition) is 3. The van der Waals surface area contributed by atoms with Crippen molar-refractivity contribution in [3.63, 3.8) is 0 Å². The van der Waals surface area contributed by atoms with E-state index >= 15 is 0 Å². The Morgan fingerprint density at radius 2 is 2.06 bits per heavy atom. The highest BCUT2D eigenvalue weighted by Crippen LogP contribution is 2.24. The van der Waals surface area contributed by atoms with Crippen LogP contribution in [0.15, 0.2) is 22.8 Å². The van der Waals surface area contributed by atoms with Crippen LogP contribution in [-0.4, -0.2) is 4.98 Å². The second kappa shape index (κ2) is 4.02. The Bertz CT molecular complexity index is 523. The molecular weight excluding hydrogens is 214 g/mol. The molecule has 0 radical (unpaired) electrons. The average molecular weight is 224 g/mol. The summed E-state index contributed by atoms with van der Waals surface area (Å²) in [4.78, 5) is 3.98. The third-order valence-electron chi connectivity index (χ3n) is 2.24. The maximum Gasteiger partial charge on any atom is 0.229 e. The highest BCUT2D eigenvalue weighted by molar-refractivity contribution is 5.55. The molecule has 0 unspecified atom stereocenters. The van der Waals surface area contributed by atoms with Crippen LogP contribution >= 0.6 is 0 Å². The average Bonchev–Trinajstić information content (AvgIpc) is 2.71. The van der Waals surface area contributed by atoms with Crippen molar-refractivity contribution in [2.45, 2.75) is 13.5 Å². The monoisotopic (exact) mass is 224 g/mol. The Balaban J connectivity index is 2.51. The second-order valence-corrected chi connectivity index (χ2v) is 3.43. The van der Waals surface area contributed by atoms with Crippen LogP contribution in [-0.2, 0) is 6.54 Å². The summed E-state index contributed by atoms with van der Waals surface area (Å²) in [5.41, 5.74) is 6.36. The molecule has 0 fully saturated rings. The van der Waals surface area contributed by atoms with Gasteiger partial charge in [0.25, 0.3) is 0 Å². The van der Waals surface area contributed by atoms with Crippen molar-refractivity contribution in [3.05, 3.63) is 41.3 Å². The number of nitrogens with two attached hydrogens (primary N) is 1. The molecule has 0 amide bonds. The van der Waals surface area contributed by atoms with Gasteiger partial charge in [-0.3, -0.25) is 0 Å². The number of aryl methyl sites for hydroxylation is 1. The molecule has 1 heterocycles. The summed E-state index contributed by atoms with van der Waals surface area (Å²) in [6, 6.07) is 2.17. The highest BCUT2D eigenvalue weighted by atomic mass is 19.1. The fourth-order valence-electron chi connectivity index (χ4n) is 1.35. The summed E-state index contributed by atoms with van der Waals surface area (Å²) in [6.07, 6.45) is 1.35. The van der Waals surface area contributed by atoms with E-state index in [4.69, 9.17) is 10.2 Å². The maximum atomic E-state index is 13.5. The lowest BCUT2D eigenvalue weighted by atomic mass is 10.1. The largest absolute Gasteiger partial charge is 0.444 e. The number of rotatable bonds is 2. The first-order valence-corrected chi connectivity index (χ1v) is 4.72. The van der Waals surface area contributed by atoms with Crippen LogP contribution in [0.3, 0.4) is 0 Å². The van der Waals surface area contributed by atoms with Gasteiger partial charge in [0.2, 0.25) is 5.89 Å². The molecular formula is C11H10F2N2O. The van der Waals surface area contributed by atoms with E-state index in [1.807, 2.05) is 0 Å². The number of aromatic nitrogens is 1. The lowest BCUT2D eigenvalue weighted by Gasteiger charge is -2.01. The summed E-state index contributed by atoms with van der Waals surface area (Å²) in [6.45, 7) is 1.76. The summed E-state index contributed by atoms with van der Waals surface area (Å²) in [7, 11) is 0. The molecule has 1 aromatic carbocycles. The molecule has 0 spiro atoms. The van der Waals surface area contributed by atoms with Gasteiger partial charge >= 0.3 is 0 Å². The molecule has 3 nitrogen and oxygen atoms in total. The van der Waals surface area contributed by atoms with E-state index in [2.05, 4.69) is 4.98 Å². The van der Waals surface area contributed by atoms with Gasteiger partial charge in [0, 0.05) is 12.6 Å². The van der Waals surface area contributed by atoms with Crippen LogP contribution in [0.5, 0.6) is 0 Å². The molecule has 0 aliphatic heterocycles. The summed E-state index contributed by atoms with van der Waals surface area (Å²) in [5, 5.41) is 0. The molecule has 0 aliphatic rings. The lowest BCUT2D eigenvalue weighted by molar-refractivity contribution is 0.551. The summed E-state index contributed by atoms with van der Waals surface area (Å²) >= 11 is 0. The predicted molar refractivity (Wildman–Crippen MR) is 54.5 cm³/mol. The molecule has 2 rings (SSSR count). The Kier molecular flexibility index (Phi) is 2.70. The van der Waals surface area contributed by atoms with Crippen molar-refractivity contribution >= 4 is 0 Å². The molecule has 0 atom stereocenters. The molecule has 1 aromatic heterocycles. The Morgan fingerprint density at radius 3 is 2.69 bits per heavy atom. The van der Waals surface area contributed by atoms with Crippen molar-refractivity contribution in [1.82, 2.24) is 4.98 Å². The van der Waals surface area contributed by atoms with Crippen molar-refractivity contribution in [3.8, 4) is 11.5 Å². The van der Waals surface area contributed by atoms with Gasteiger partial charge in [0.05, 0.1) is 11.3 Å². The van der Waals surface area contributed by atoms with Crippen LogP contribution in [0.4, 0.5) is 8.78 Å². The third-order valence-corrected chi connectivity index (χ3v) is 2.24. The van der Waals surface area contributed by atoms with Crippen LogP contribution in [0.1, 0.15) is 11.3 Å². The first kappa shape index (κ1) is 10.8. The van der Waals surface area contributed by atoms with E-state index in [1.54, 1.807) is 6.92 Å². The molecule has 84 valence electrons. The Morgan fingerprint density at radius 1 is 1.31 bits per heavy atom. The Hall–Kier alpha value is -1.75. The van der Waals surface area contributed by atoms with Crippen molar-refractivity contribution < 1.29 is 13.2 Å². The maximum absolute atomic E-state index is 13.5. The SMILES string of the molecule is Cc1cc(-c2nc(CN)co2)c(F)cc1F. The van der Waals surface area contributed by atoms with Crippen molar-refractivity contribution in [1.29, 1.82) is 0 Å². The van der Waals surface area contributed by atoms with E-state index in [9.17, 15) is 8.78 Å². The minimum atomic E-state index is -0.700. The summed E-state index contributed by atoms with van der Waals surface area (Å²) in [5.74, 6) is -1.18. The zero-order valence-corrected chi connectivity index (χ0v) is 8.63. The number of nitrogens with zero attached hydrogens (tertiary/aromatic N) is 1. The fourth-order valence-corrected chi connectivity index (χ4v) is 1.35. The van der Waals surface area contributed by atoms with Gasteiger partial charge in [-0.1, -0.05) is 0 Å². The fraction of sp³-hybridized carbons (Fsp3) is 0.182. The third kappa shape index (κ3) is 1.81. The smallest absolute Gasteiger partial charge is 0.229 e. The van der Waals surface area contributed by atoms with Gasteiger partial charge in [0.15, 0.2) is 0 Å². The van der Waals surface area contributed by atoms with Gasteiger partial charge in [-0.25, -0.2) is 13.8 Å². The van der Waals surface area contributed by atoms with Crippen LogP contribution < -0.4 is 5.73 Å². The van der Waals surface area contributed by atoms with E-state index in [1.165, 1.54) is 12.3 Å². The van der Waals surface area contributed by atoms with Crippen LogP contribution in [0, 0.1) is 18.6 Å². The molecule has 2 N–H and O–H groups in total. The topological polar surface area (TPSA) is 52.0 Å². The van der Waals surface area contributed by atoms with Gasteiger partial charge < -0.3 is 10.2 Å². The number of oxazole rings is 1. The van der Waals surface area contributed by atoms with E-state index in [-0.39, 0.29) is 18.0 Å². The Labute approximate surface area is 90.9 Å². The van der Waals surface area contributed by atoms with E-state index in [0.717, 1.165) is 6.07 Å². The molecule has 0 saturated heterocycles. The lowest BCUT2D eigenvalue weighted by Crippen LogP contribution is -1.96. The number of halogens is 2. The second-order valence-electron chi connectivity index (χ2n) is 3.43. The molecule has 5 heteroatoms. The zero-order chi connectivity index (χ0) is 11.7. The minimum absolute atomic E-state index is 0.112. The molecule has 0 aliphatic carbocycles. The minimum Gasteiger partial charge on any atom is -0.444 e. The van der Waals surface area contributed by atoms with Crippen LogP contribution in [0.2, 0.25) is 0 Å². The predicted octanol–water partition coefficient (Wildman–Crippen LogP) is 2.39. The van der Waals surface area contributed by atoms with Gasteiger partial charge in [-0.15, -0.1) is 0 Å².